The molecule has 1 unspecified atom stereocenters. The summed E-state index contributed by atoms with van der Waals surface area (Å²) in [5.41, 5.74) is 3.22. The molecular formula is C16H17NO2S. The van der Waals surface area contributed by atoms with E-state index in [1.807, 2.05) is 26.8 Å². The molecule has 0 bridgehead atoms. The maximum atomic E-state index is 11.1. The molecule has 0 aliphatic heterocycles. The maximum absolute atomic E-state index is 11.1. The third kappa shape index (κ3) is 2.68. The molecular weight excluding hydrogens is 270 g/mol. The van der Waals surface area contributed by atoms with E-state index < -0.39 is 5.97 Å². The molecule has 0 radical (unpaired) electrons. The van der Waals surface area contributed by atoms with E-state index in [9.17, 15) is 4.79 Å². The number of nitrogens with zero attached hydrogens (tertiary/aromatic N) is 1. The van der Waals surface area contributed by atoms with E-state index in [0.29, 0.717) is 5.57 Å². The first-order chi connectivity index (χ1) is 9.43. The van der Waals surface area contributed by atoms with Crippen LogP contribution in [0.3, 0.4) is 0 Å². The molecule has 1 aliphatic rings. The number of carbonyl (C=O) groups is 1. The summed E-state index contributed by atoms with van der Waals surface area (Å²) in [6.07, 6.45) is 3.45. The van der Waals surface area contributed by atoms with Crippen LogP contribution in [0.25, 0.3) is 0 Å². The SMILES string of the molecule is CC1=CC(C(=O)O)=C(C)C1CCc1sc(C)cc1C#N. The van der Waals surface area contributed by atoms with Crippen LogP contribution in [0.4, 0.5) is 0 Å². The van der Waals surface area contributed by atoms with Crippen LogP contribution in [0.1, 0.15) is 35.6 Å². The lowest BCUT2D eigenvalue weighted by molar-refractivity contribution is -0.132. The van der Waals surface area contributed by atoms with Crippen molar-refractivity contribution in [1.29, 1.82) is 5.26 Å². The van der Waals surface area contributed by atoms with Gasteiger partial charge in [0.25, 0.3) is 0 Å². The standard InChI is InChI=1S/C16H17NO2S/c1-9-6-14(16(18)19)11(3)13(9)4-5-15-12(8-17)7-10(2)20-15/h6-7,13H,4-5H2,1-3H3,(H,18,19). The molecule has 1 aromatic rings. The Morgan fingerprint density at radius 2 is 2.15 bits per heavy atom. The number of aliphatic carboxylic acids is 1. The van der Waals surface area contributed by atoms with E-state index in [-0.39, 0.29) is 5.92 Å². The Morgan fingerprint density at radius 1 is 1.45 bits per heavy atom. The summed E-state index contributed by atoms with van der Waals surface area (Å²) in [5.74, 6) is -0.663. The molecule has 0 spiro atoms. The first-order valence-electron chi connectivity index (χ1n) is 6.55. The number of hydrogen-bond donors (Lipinski definition) is 1. The first kappa shape index (κ1) is 14.5. The summed E-state index contributed by atoms with van der Waals surface area (Å²) in [6, 6.07) is 4.15. The molecule has 2 rings (SSSR count). The molecule has 1 aromatic heterocycles. The molecule has 0 amide bonds. The van der Waals surface area contributed by atoms with Gasteiger partial charge in [0.1, 0.15) is 6.07 Å². The number of nitriles is 1. The van der Waals surface area contributed by atoms with Gasteiger partial charge in [-0.25, -0.2) is 4.79 Å². The van der Waals surface area contributed by atoms with Gasteiger partial charge in [-0.3, -0.25) is 0 Å². The van der Waals surface area contributed by atoms with Gasteiger partial charge in [0, 0.05) is 15.7 Å². The van der Waals surface area contributed by atoms with Crippen molar-refractivity contribution in [1.82, 2.24) is 0 Å². The first-order valence-corrected chi connectivity index (χ1v) is 7.37. The largest absolute Gasteiger partial charge is 0.478 e. The van der Waals surface area contributed by atoms with E-state index in [1.54, 1.807) is 17.4 Å². The van der Waals surface area contributed by atoms with Crippen molar-refractivity contribution in [3.05, 3.63) is 44.2 Å². The number of carboxylic acids is 1. The molecule has 104 valence electrons. The van der Waals surface area contributed by atoms with Gasteiger partial charge in [-0.2, -0.15) is 5.26 Å². The van der Waals surface area contributed by atoms with Gasteiger partial charge in [-0.1, -0.05) is 11.1 Å². The zero-order chi connectivity index (χ0) is 14.9. The van der Waals surface area contributed by atoms with Crippen LogP contribution in [0.2, 0.25) is 0 Å². The predicted octanol–water partition coefficient (Wildman–Crippen LogP) is 3.84. The molecule has 1 N–H and O–H groups in total. The van der Waals surface area contributed by atoms with Crippen LogP contribution < -0.4 is 0 Å². The maximum Gasteiger partial charge on any atom is 0.335 e. The van der Waals surface area contributed by atoms with Gasteiger partial charge in [-0.15, -0.1) is 11.3 Å². The molecule has 0 fully saturated rings. The van der Waals surface area contributed by atoms with Gasteiger partial charge < -0.3 is 5.11 Å². The van der Waals surface area contributed by atoms with Gasteiger partial charge in [0.2, 0.25) is 0 Å². The Balaban J connectivity index is 2.14. The summed E-state index contributed by atoms with van der Waals surface area (Å²) in [4.78, 5) is 13.4. The summed E-state index contributed by atoms with van der Waals surface area (Å²) in [5, 5.41) is 18.2. The number of allylic oxidation sites excluding steroid dienone is 2. The zero-order valence-electron chi connectivity index (χ0n) is 11.9. The quantitative estimate of drug-likeness (QED) is 0.915. The highest BCUT2D eigenvalue weighted by Crippen LogP contribution is 2.35. The van der Waals surface area contributed by atoms with Crippen LogP contribution in [-0.2, 0) is 11.2 Å². The third-order valence-corrected chi connectivity index (χ3v) is 4.92. The van der Waals surface area contributed by atoms with Crippen LogP contribution >= 0.6 is 11.3 Å². The fraction of sp³-hybridized carbons (Fsp3) is 0.375. The molecule has 3 nitrogen and oxygen atoms in total. The van der Waals surface area contributed by atoms with Crippen molar-refractivity contribution >= 4 is 17.3 Å². The Morgan fingerprint density at radius 3 is 2.70 bits per heavy atom. The second kappa shape index (κ2) is 5.64. The Hall–Kier alpha value is -1.86. The average molecular weight is 287 g/mol. The average Bonchev–Trinajstić information content (AvgIpc) is 2.88. The molecule has 0 aromatic carbocycles. The van der Waals surface area contributed by atoms with E-state index in [4.69, 9.17) is 10.4 Å². The van der Waals surface area contributed by atoms with E-state index in [1.165, 1.54) is 0 Å². The lowest BCUT2D eigenvalue weighted by Gasteiger charge is -2.14. The highest BCUT2D eigenvalue weighted by atomic mass is 32.1. The summed E-state index contributed by atoms with van der Waals surface area (Å²) in [7, 11) is 0. The topological polar surface area (TPSA) is 61.1 Å². The number of carboxylic acid groups (broad SMARTS) is 1. The Labute approximate surface area is 122 Å². The van der Waals surface area contributed by atoms with Crippen LogP contribution in [0.15, 0.2) is 28.9 Å². The monoisotopic (exact) mass is 287 g/mol. The lowest BCUT2D eigenvalue weighted by atomic mass is 9.91. The van der Waals surface area contributed by atoms with Gasteiger partial charge >= 0.3 is 5.97 Å². The van der Waals surface area contributed by atoms with Crippen molar-refractivity contribution in [3.8, 4) is 6.07 Å². The number of hydrogen-bond acceptors (Lipinski definition) is 3. The number of aryl methyl sites for hydroxylation is 2. The van der Waals surface area contributed by atoms with Gasteiger partial charge in [-0.05, 0) is 45.8 Å². The smallest absolute Gasteiger partial charge is 0.335 e. The van der Waals surface area contributed by atoms with Crippen LogP contribution in [0, 0.1) is 24.2 Å². The zero-order valence-corrected chi connectivity index (χ0v) is 12.7. The minimum Gasteiger partial charge on any atom is -0.478 e. The second-order valence-electron chi connectivity index (χ2n) is 5.19. The molecule has 1 atom stereocenters. The molecule has 1 aliphatic carbocycles. The lowest BCUT2D eigenvalue weighted by Crippen LogP contribution is -2.05. The number of thiophene rings is 1. The predicted molar refractivity (Wildman–Crippen MR) is 79.7 cm³/mol. The Bertz CT molecular complexity index is 659. The molecule has 0 saturated carbocycles. The summed E-state index contributed by atoms with van der Waals surface area (Å²) < 4.78 is 0. The molecule has 20 heavy (non-hydrogen) atoms. The normalized spacial score (nSPS) is 18.1. The minimum atomic E-state index is -0.853. The highest BCUT2D eigenvalue weighted by molar-refractivity contribution is 7.12. The van der Waals surface area contributed by atoms with Gasteiger partial charge in [0.05, 0.1) is 11.1 Å². The summed E-state index contributed by atoms with van der Waals surface area (Å²) in [6.45, 7) is 5.88. The van der Waals surface area contributed by atoms with Crippen LogP contribution in [-0.4, -0.2) is 11.1 Å². The van der Waals surface area contributed by atoms with E-state index >= 15 is 0 Å². The van der Waals surface area contributed by atoms with Crippen molar-refractivity contribution in [2.75, 3.05) is 0 Å². The molecule has 1 heterocycles. The second-order valence-corrected chi connectivity index (χ2v) is 6.53. The van der Waals surface area contributed by atoms with Gasteiger partial charge in [0.15, 0.2) is 0 Å². The number of rotatable bonds is 4. The highest BCUT2D eigenvalue weighted by Gasteiger charge is 2.25. The van der Waals surface area contributed by atoms with E-state index in [0.717, 1.165) is 39.3 Å². The van der Waals surface area contributed by atoms with E-state index in [2.05, 4.69) is 6.07 Å². The van der Waals surface area contributed by atoms with Crippen molar-refractivity contribution < 1.29 is 9.90 Å². The fourth-order valence-electron chi connectivity index (χ4n) is 2.76. The molecule has 4 heteroatoms. The summed E-state index contributed by atoms with van der Waals surface area (Å²) >= 11 is 1.66. The fourth-order valence-corrected chi connectivity index (χ4v) is 3.76. The minimum absolute atomic E-state index is 0.190. The van der Waals surface area contributed by atoms with Crippen molar-refractivity contribution in [3.63, 3.8) is 0 Å². The van der Waals surface area contributed by atoms with Crippen molar-refractivity contribution in [2.24, 2.45) is 5.92 Å². The molecule has 0 saturated heterocycles. The van der Waals surface area contributed by atoms with Crippen molar-refractivity contribution in [2.45, 2.75) is 33.6 Å². The Kier molecular flexibility index (Phi) is 4.10. The van der Waals surface area contributed by atoms with Crippen LogP contribution in [0.5, 0.6) is 0 Å². The third-order valence-electron chi connectivity index (χ3n) is 3.81.